The Labute approximate surface area is 167 Å². The maximum absolute atomic E-state index is 14.8. The number of hydrogen-bond acceptors (Lipinski definition) is 8. The standard InChI is InChI=1S/C18H16FN5O4S/c19-13-6-11-14(25)12(17(26)27)9-23(18-20-2-5-29-18)15(11)21-16(13)22-7-10(8-22)24-3-1-4-28-24/h2,5-6,9-10H,1,3-4,7-8H2,(H,26,27). The minimum atomic E-state index is -1.39. The van der Waals surface area contributed by atoms with Gasteiger partial charge in [0.25, 0.3) is 0 Å². The zero-order chi connectivity index (χ0) is 20.1. The van der Waals surface area contributed by atoms with E-state index in [1.54, 1.807) is 16.5 Å². The van der Waals surface area contributed by atoms with Crippen molar-refractivity contribution in [1.29, 1.82) is 0 Å². The molecule has 150 valence electrons. The summed E-state index contributed by atoms with van der Waals surface area (Å²) in [5.41, 5.74) is -1.06. The number of aromatic nitrogens is 3. The number of nitrogens with zero attached hydrogens (tertiary/aromatic N) is 5. The van der Waals surface area contributed by atoms with Crippen LogP contribution >= 0.6 is 11.3 Å². The van der Waals surface area contributed by atoms with Gasteiger partial charge in [0.05, 0.1) is 18.0 Å². The fraction of sp³-hybridized carbons (Fsp3) is 0.333. The van der Waals surface area contributed by atoms with Crippen LogP contribution in [0.3, 0.4) is 0 Å². The molecule has 2 saturated heterocycles. The summed E-state index contributed by atoms with van der Waals surface area (Å²) < 4.78 is 16.2. The third-order valence-corrected chi connectivity index (χ3v) is 5.89. The van der Waals surface area contributed by atoms with Crippen LogP contribution in [0.4, 0.5) is 10.2 Å². The molecule has 0 bridgehead atoms. The molecule has 0 unspecified atom stereocenters. The monoisotopic (exact) mass is 417 g/mol. The molecule has 0 amide bonds. The molecule has 3 aromatic heterocycles. The van der Waals surface area contributed by atoms with Gasteiger partial charge in [-0.2, -0.15) is 5.06 Å². The third kappa shape index (κ3) is 2.98. The molecule has 0 aromatic carbocycles. The lowest BCUT2D eigenvalue weighted by Gasteiger charge is -2.43. The summed E-state index contributed by atoms with van der Waals surface area (Å²) in [4.78, 5) is 40.0. The van der Waals surface area contributed by atoms with Crippen molar-refractivity contribution in [1.82, 2.24) is 19.6 Å². The van der Waals surface area contributed by atoms with E-state index in [0.29, 0.717) is 24.8 Å². The minimum absolute atomic E-state index is 0.0960. The van der Waals surface area contributed by atoms with Crippen LogP contribution in [-0.2, 0) is 4.84 Å². The predicted octanol–water partition coefficient (Wildman–Crippen LogP) is 1.51. The Bertz CT molecular complexity index is 1150. The molecule has 5 rings (SSSR count). The molecular weight excluding hydrogens is 401 g/mol. The number of rotatable bonds is 4. The van der Waals surface area contributed by atoms with Crippen LogP contribution < -0.4 is 10.3 Å². The number of carbonyl (C=O) groups is 1. The topological polar surface area (TPSA) is 101 Å². The Kier molecular flexibility index (Phi) is 4.30. The highest BCUT2D eigenvalue weighted by atomic mass is 32.1. The summed E-state index contributed by atoms with van der Waals surface area (Å²) in [5.74, 6) is -1.92. The molecule has 9 nitrogen and oxygen atoms in total. The third-order valence-electron chi connectivity index (χ3n) is 5.12. The lowest BCUT2D eigenvalue weighted by molar-refractivity contribution is -0.146. The van der Waals surface area contributed by atoms with Crippen molar-refractivity contribution in [2.24, 2.45) is 0 Å². The largest absolute Gasteiger partial charge is 0.477 e. The van der Waals surface area contributed by atoms with Crippen molar-refractivity contribution in [3.8, 4) is 5.13 Å². The predicted molar refractivity (Wildman–Crippen MR) is 103 cm³/mol. The summed E-state index contributed by atoms with van der Waals surface area (Å²) in [7, 11) is 0. The SMILES string of the molecule is O=C(O)c1cn(-c2nccs2)c2nc(N3CC(N4CCCO4)C3)c(F)cc2c1=O. The minimum Gasteiger partial charge on any atom is -0.477 e. The number of fused-ring (bicyclic) bond motifs is 1. The Morgan fingerprint density at radius 3 is 2.86 bits per heavy atom. The molecule has 3 aromatic rings. The first kappa shape index (κ1) is 18.2. The zero-order valence-corrected chi connectivity index (χ0v) is 15.9. The number of thiazole rings is 1. The van der Waals surface area contributed by atoms with Gasteiger partial charge in [-0.3, -0.25) is 14.2 Å². The Hall–Kier alpha value is -2.89. The van der Waals surface area contributed by atoms with Crippen LogP contribution in [0.15, 0.2) is 28.6 Å². The van der Waals surface area contributed by atoms with E-state index < -0.39 is 22.8 Å². The first-order valence-electron chi connectivity index (χ1n) is 9.06. The van der Waals surface area contributed by atoms with E-state index in [0.717, 1.165) is 19.0 Å². The summed E-state index contributed by atoms with van der Waals surface area (Å²) in [6.07, 6.45) is 3.73. The van der Waals surface area contributed by atoms with Crippen molar-refractivity contribution in [2.75, 3.05) is 31.1 Å². The second-order valence-corrected chi connectivity index (χ2v) is 7.79. The summed E-state index contributed by atoms with van der Waals surface area (Å²) >= 11 is 1.26. The van der Waals surface area contributed by atoms with Crippen molar-refractivity contribution in [3.05, 3.63) is 45.4 Å². The molecular formula is C18H16FN5O4S. The summed E-state index contributed by atoms with van der Waals surface area (Å²) in [6.45, 7) is 2.67. The fourth-order valence-corrected chi connectivity index (χ4v) is 4.25. The smallest absolute Gasteiger partial charge is 0.341 e. The van der Waals surface area contributed by atoms with Crippen LogP contribution in [0.5, 0.6) is 0 Å². The average molecular weight is 417 g/mol. The molecule has 2 aliphatic rings. The summed E-state index contributed by atoms with van der Waals surface area (Å²) in [5, 5.41) is 13.4. The van der Waals surface area contributed by atoms with Gasteiger partial charge in [-0.1, -0.05) is 0 Å². The Balaban J connectivity index is 1.60. The molecule has 0 spiro atoms. The van der Waals surface area contributed by atoms with Crippen LogP contribution in [0.25, 0.3) is 16.2 Å². The first-order chi connectivity index (χ1) is 14.0. The van der Waals surface area contributed by atoms with E-state index in [-0.39, 0.29) is 22.9 Å². The Morgan fingerprint density at radius 1 is 1.38 bits per heavy atom. The van der Waals surface area contributed by atoms with Gasteiger partial charge in [-0.05, 0) is 12.5 Å². The van der Waals surface area contributed by atoms with Gasteiger partial charge in [-0.25, -0.2) is 19.2 Å². The number of carboxylic acids is 1. The molecule has 1 N–H and O–H groups in total. The fourth-order valence-electron chi connectivity index (χ4n) is 3.63. The number of halogens is 1. The number of hydroxylamine groups is 2. The maximum Gasteiger partial charge on any atom is 0.341 e. The van der Waals surface area contributed by atoms with Gasteiger partial charge in [0.15, 0.2) is 22.4 Å². The summed E-state index contributed by atoms with van der Waals surface area (Å²) in [6, 6.07) is 1.24. The van der Waals surface area contributed by atoms with E-state index in [1.807, 2.05) is 5.06 Å². The molecule has 2 aliphatic heterocycles. The van der Waals surface area contributed by atoms with Crippen LogP contribution in [0.1, 0.15) is 16.8 Å². The molecule has 2 fully saturated rings. The van der Waals surface area contributed by atoms with Gasteiger partial charge in [-0.15, -0.1) is 11.3 Å². The van der Waals surface area contributed by atoms with Crippen molar-refractivity contribution in [3.63, 3.8) is 0 Å². The molecule has 0 radical (unpaired) electrons. The number of anilines is 1. The van der Waals surface area contributed by atoms with E-state index in [9.17, 15) is 19.1 Å². The maximum atomic E-state index is 14.8. The zero-order valence-electron chi connectivity index (χ0n) is 15.1. The molecule has 11 heteroatoms. The molecule has 0 atom stereocenters. The normalized spacial score (nSPS) is 17.8. The van der Waals surface area contributed by atoms with E-state index in [2.05, 4.69) is 9.97 Å². The van der Waals surface area contributed by atoms with Crippen LogP contribution in [0.2, 0.25) is 0 Å². The molecule has 0 saturated carbocycles. The number of aromatic carboxylic acids is 1. The van der Waals surface area contributed by atoms with Crippen molar-refractivity contribution >= 4 is 34.2 Å². The average Bonchev–Trinajstić information content (AvgIpc) is 3.35. The second kappa shape index (κ2) is 6.87. The molecule has 29 heavy (non-hydrogen) atoms. The lowest BCUT2D eigenvalue weighted by atomic mass is 10.1. The lowest BCUT2D eigenvalue weighted by Crippen LogP contribution is -2.59. The van der Waals surface area contributed by atoms with E-state index in [4.69, 9.17) is 4.84 Å². The number of hydrogen-bond donors (Lipinski definition) is 1. The van der Waals surface area contributed by atoms with Crippen molar-refractivity contribution < 1.29 is 19.1 Å². The Morgan fingerprint density at radius 2 is 2.21 bits per heavy atom. The van der Waals surface area contributed by atoms with Gasteiger partial charge in [0.2, 0.25) is 5.43 Å². The van der Waals surface area contributed by atoms with Gasteiger partial charge in [0, 0.05) is 37.4 Å². The highest BCUT2D eigenvalue weighted by molar-refractivity contribution is 7.12. The number of pyridine rings is 2. The van der Waals surface area contributed by atoms with E-state index >= 15 is 0 Å². The quantitative estimate of drug-likeness (QED) is 0.682. The number of carboxylic acid groups (broad SMARTS) is 1. The van der Waals surface area contributed by atoms with Crippen LogP contribution in [-0.4, -0.2) is 63.0 Å². The molecule has 5 heterocycles. The highest BCUT2D eigenvalue weighted by Gasteiger charge is 2.36. The second-order valence-electron chi connectivity index (χ2n) is 6.91. The molecule has 0 aliphatic carbocycles. The van der Waals surface area contributed by atoms with Gasteiger partial charge < -0.3 is 10.0 Å². The first-order valence-corrected chi connectivity index (χ1v) is 9.94. The van der Waals surface area contributed by atoms with E-state index in [1.165, 1.54) is 22.1 Å². The van der Waals surface area contributed by atoms with Crippen LogP contribution in [0, 0.1) is 5.82 Å². The van der Waals surface area contributed by atoms with Gasteiger partial charge >= 0.3 is 5.97 Å². The van der Waals surface area contributed by atoms with Gasteiger partial charge in [0.1, 0.15) is 5.56 Å². The van der Waals surface area contributed by atoms with Crippen molar-refractivity contribution in [2.45, 2.75) is 12.5 Å². The highest BCUT2D eigenvalue weighted by Crippen LogP contribution is 2.29.